The molecule has 1 aromatic heterocycles. The van der Waals surface area contributed by atoms with Gasteiger partial charge < -0.3 is 4.98 Å². The molecule has 0 bridgehead atoms. The first-order valence-electron chi connectivity index (χ1n) is 6.25. The Hall–Kier alpha value is -2.95. The van der Waals surface area contributed by atoms with E-state index in [4.69, 9.17) is 0 Å². The van der Waals surface area contributed by atoms with Crippen molar-refractivity contribution in [2.45, 2.75) is 0 Å². The molecule has 4 rings (SSSR count). The molecule has 2 aliphatic rings. The Kier molecular flexibility index (Phi) is 2.20. The van der Waals surface area contributed by atoms with Crippen molar-refractivity contribution < 1.29 is 0 Å². The number of hydrogen-bond acceptors (Lipinski definition) is 3. The Morgan fingerprint density at radius 2 is 1.90 bits per heavy atom. The molecular formula is C15H10N4O. The molecule has 0 aliphatic carbocycles. The number of aromatic nitrogens is 4. The van der Waals surface area contributed by atoms with Crippen LogP contribution in [0.2, 0.25) is 0 Å². The van der Waals surface area contributed by atoms with E-state index in [1.165, 1.54) is 4.68 Å². The third-order valence-corrected chi connectivity index (χ3v) is 3.30. The van der Waals surface area contributed by atoms with Crippen molar-refractivity contribution in [1.29, 1.82) is 0 Å². The fourth-order valence-corrected chi connectivity index (χ4v) is 2.34. The zero-order valence-electron chi connectivity index (χ0n) is 10.4. The molecular weight excluding hydrogens is 252 g/mol. The van der Waals surface area contributed by atoms with Crippen LogP contribution in [-0.4, -0.2) is 19.7 Å². The normalized spacial score (nSPS) is 11.2. The van der Waals surface area contributed by atoms with Crippen molar-refractivity contribution in [3.8, 4) is 17.1 Å². The molecule has 96 valence electrons. The molecule has 0 fully saturated rings. The quantitative estimate of drug-likeness (QED) is 0.572. The standard InChI is InChI=1S/C15H10N4O/c20-15-11-9-17-12-6-2-1-5-10(12)14(11)18-19(15)13-7-3-4-8-16-13/h1-9,17H. The Morgan fingerprint density at radius 1 is 1.05 bits per heavy atom. The summed E-state index contributed by atoms with van der Waals surface area (Å²) in [5, 5.41) is 5.36. The number of rotatable bonds is 1. The number of nitrogens with one attached hydrogen (secondary N) is 1. The third-order valence-electron chi connectivity index (χ3n) is 3.30. The Balaban J connectivity index is 2.10. The van der Waals surface area contributed by atoms with Gasteiger partial charge in [0.15, 0.2) is 5.82 Å². The van der Waals surface area contributed by atoms with Gasteiger partial charge in [0, 0.05) is 23.3 Å². The van der Waals surface area contributed by atoms with Crippen LogP contribution in [-0.2, 0) is 0 Å². The van der Waals surface area contributed by atoms with E-state index in [0.717, 1.165) is 10.9 Å². The van der Waals surface area contributed by atoms with Crippen molar-refractivity contribution in [1.82, 2.24) is 19.7 Å². The predicted octanol–water partition coefficient (Wildman–Crippen LogP) is 2.21. The third kappa shape index (κ3) is 1.46. The van der Waals surface area contributed by atoms with E-state index in [1.807, 2.05) is 30.3 Å². The molecule has 0 spiro atoms. The van der Waals surface area contributed by atoms with E-state index in [0.29, 0.717) is 17.1 Å². The molecule has 0 atom stereocenters. The maximum Gasteiger partial charge on any atom is 0.283 e. The van der Waals surface area contributed by atoms with E-state index in [9.17, 15) is 4.79 Å². The molecule has 1 aromatic carbocycles. The van der Waals surface area contributed by atoms with E-state index in [-0.39, 0.29) is 5.56 Å². The van der Waals surface area contributed by atoms with Crippen LogP contribution in [0.3, 0.4) is 0 Å². The van der Waals surface area contributed by atoms with E-state index >= 15 is 0 Å². The van der Waals surface area contributed by atoms with E-state index in [2.05, 4.69) is 15.1 Å². The lowest BCUT2D eigenvalue weighted by molar-refractivity contribution is 0.827. The summed E-state index contributed by atoms with van der Waals surface area (Å²) in [5.74, 6) is 0.526. The highest BCUT2D eigenvalue weighted by Crippen LogP contribution is 2.25. The van der Waals surface area contributed by atoms with Crippen LogP contribution in [0.4, 0.5) is 0 Å². The van der Waals surface area contributed by atoms with Gasteiger partial charge in [-0.2, -0.15) is 9.78 Å². The molecule has 0 saturated heterocycles. The Labute approximate surface area is 113 Å². The Bertz CT molecular complexity index is 924. The topological polar surface area (TPSA) is 63.6 Å². The van der Waals surface area contributed by atoms with Crippen molar-refractivity contribution in [3.05, 3.63) is 65.2 Å². The number of aromatic amines is 1. The Morgan fingerprint density at radius 3 is 2.75 bits per heavy atom. The fraction of sp³-hybridized carbons (Fsp3) is 0. The molecule has 3 heterocycles. The summed E-state index contributed by atoms with van der Waals surface area (Å²) in [5.41, 5.74) is 2.04. The lowest BCUT2D eigenvalue weighted by atomic mass is 10.1. The molecule has 2 aromatic rings. The second-order valence-corrected chi connectivity index (χ2v) is 4.50. The second-order valence-electron chi connectivity index (χ2n) is 4.50. The summed E-state index contributed by atoms with van der Waals surface area (Å²) in [7, 11) is 0. The zero-order chi connectivity index (χ0) is 13.5. The van der Waals surface area contributed by atoms with Gasteiger partial charge in [-0.15, -0.1) is 0 Å². The summed E-state index contributed by atoms with van der Waals surface area (Å²) in [6, 6.07) is 13.2. The highest BCUT2D eigenvalue weighted by Gasteiger charge is 2.18. The van der Waals surface area contributed by atoms with Gasteiger partial charge in [-0.1, -0.05) is 24.3 Å². The van der Waals surface area contributed by atoms with Gasteiger partial charge in [-0.05, 0) is 18.2 Å². The van der Waals surface area contributed by atoms with Crippen molar-refractivity contribution in [2.75, 3.05) is 0 Å². The van der Waals surface area contributed by atoms with Crippen LogP contribution in [0.25, 0.3) is 28.0 Å². The van der Waals surface area contributed by atoms with E-state index in [1.54, 1.807) is 24.5 Å². The SMILES string of the molecule is O=c1c2c[nH]c3ccccc3c-2nn1-c1ccccn1. The van der Waals surface area contributed by atoms with Crippen molar-refractivity contribution >= 4 is 10.9 Å². The van der Waals surface area contributed by atoms with Crippen LogP contribution in [0.15, 0.2) is 59.7 Å². The lowest BCUT2D eigenvalue weighted by Gasteiger charge is -2.01. The summed E-state index contributed by atoms with van der Waals surface area (Å²) in [6.45, 7) is 0. The van der Waals surface area contributed by atoms with Gasteiger partial charge in [0.05, 0.1) is 5.56 Å². The number of pyridine rings is 2. The minimum atomic E-state index is -0.166. The first kappa shape index (κ1) is 10.9. The van der Waals surface area contributed by atoms with Crippen molar-refractivity contribution in [2.24, 2.45) is 0 Å². The number of fused-ring (bicyclic) bond motifs is 3. The zero-order valence-corrected chi connectivity index (χ0v) is 10.4. The van der Waals surface area contributed by atoms with Gasteiger partial charge in [0.1, 0.15) is 5.69 Å². The van der Waals surface area contributed by atoms with Gasteiger partial charge >= 0.3 is 0 Å². The summed E-state index contributed by atoms with van der Waals surface area (Å²) in [4.78, 5) is 19.7. The minimum absolute atomic E-state index is 0.166. The molecule has 0 saturated carbocycles. The van der Waals surface area contributed by atoms with Crippen LogP contribution >= 0.6 is 0 Å². The largest absolute Gasteiger partial charge is 0.360 e. The molecule has 1 N–H and O–H groups in total. The molecule has 5 nitrogen and oxygen atoms in total. The summed E-state index contributed by atoms with van der Waals surface area (Å²) < 4.78 is 1.34. The van der Waals surface area contributed by atoms with Crippen LogP contribution < -0.4 is 5.56 Å². The molecule has 2 aliphatic heterocycles. The van der Waals surface area contributed by atoms with Gasteiger partial charge in [-0.3, -0.25) is 4.79 Å². The first-order chi connectivity index (χ1) is 9.84. The molecule has 0 amide bonds. The highest BCUT2D eigenvalue weighted by molar-refractivity contribution is 5.93. The number of hydrogen-bond donors (Lipinski definition) is 1. The number of H-pyrrole nitrogens is 1. The van der Waals surface area contributed by atoms with Crippen LogP contribution in [0, 0.1) is 0 Å². The van der Waals surface area contributed by atoms with Gasteiger partial charge in [0.2, 0.25) is 0 Å². The second kappa shape index (κ2) is 4.03. The molecule has 20 heavy (non-hydrogen) atoms. The maximum atomic E-state index is 12.4. The molecule has 0 radical (unpaired) electrons. The maximum absolute atomic E-state index is 12.4. The van der Waals surface area contributed by atoms with Gasteiger partial charge in [-0.25, -0.2) is 4.98 Å². The smallest absolute Gasteiger partial charge is 0.283 e. The highest BCUT2D eigenvalue weighted by atomic mass is 16.1. The summed E-state index contributed by atoms with van der Waals surface area (Å²) >= 11 is 0. The summed E-state index contributed by atoms with van der Waals surface area (Å²) in [6.07, 6.45) is 3.35. The van der Waals surface area contributed by atoms with Crippen LogP contribution in [0.5, 0.6) is 0 Å². The fourth-order valence-electron chi connectivity index (χ4n) is 2.34. The number of nitrogens with zero attached hydrogens (tertiary/aromatic N) is 3. The van der Waals surface area contributed by atoms with Crippen LogP contribution in [0.1, 0.15) is 0 Å². The van der Waals surface area contributed by atoms with E-state index < -0.39 is 0 Å². The first-order valence-corrected chi connectivity index (χ1v) is 6.25. The monoisotopic (exact) mass is 262 g/mol. The predicted molar refractivity (Wildman–Crippen MR) is 76.1 cm³/mol. The van der Waals surface area contributed by atoms with Crippen molar-refractivity contribution in [3.63, 3.8) is 0 Å². The lowest BCUT2D eigenvalue weighted by Crippen LogP contribution is -2.15. The average Bonchev–Trinajstić information content (AvgIpc) is 2.86. The molecule has 5 heteroatoms. The average molecular weight is 262 g/mol. The number of para-hydroxylation sites is 1. The molecule has 0 unspecified atom stereocenters. The number of benzene rings is 1. The van der Waals surface area contributed by atoms with Gasteiger partial charge in [0.25, 0.3) is 5.56 Å². The minimum Gasteiger partial charge on any atom is -0.360 e.